The van der Waals surface area contributed by atoms with Crippen LogP contribution in [0, 0.1) is 20.8 Å². The number of rotatable bonds is 24. The van der Waals surface area contributed by atoms with E-state index in [4.69, 9.17) is 45.4 Å². The lowest BCUT2D eigenvalue weighted by atomic mass is 10.1. The number of anilines is 1. The Bertz CT molecular complexity index is 3390. The number of nitrogens with zero attached hydrogens (tertiary/aromatic N) is 11. The van der Waals surface area contributed by atoms with E-state index in [0.29, 0.717) is 113 Å². The molecule has 0 atom stereocenters. The zero-order valence-corrected chi connectivity index (χ0v) is 42.1. The second-order valence-corrected chi connectivity index (χ2v) is 17.3. The molecule has 0 saturated carbocycles. The standard InChI is InChI=1S/C51H60N14O8/c1-8-63-39(21-30(4)58-63)47-54-28-37-36-25-34(46(53)67)27-42(72-19-13-17-70-7)44(36)61(48(37)56-47)15-11-12-16-62-43-35(29-71-18-14-20-73-50(69)41-23-32(6)60-65(41)10-3)24-33(45(52)66)26-38(43)55-51(62)57-49(68)40-22-31(5)59-64(40)9-2/h11-12,21-28H,8-10,13-20,29H2,1-7H3,(H2,52,66)(H2,53,67)(H,55,57,68)/b12-11+. The number of imidazole rings is 1. The number of hydrogen-bond donors (Lipinski definition) is 3. The minimum atomic E-state index is -0.670. The highest BCUT2D eigenvalue weighted by Crippen LogP contribution is 2.37. The molecule has 6 heterocycles. The number of fused-ring (bicyclic) bond motifs is 4. The number of carbonyl (C=O) groups excluding carboxylic acids is 4. The van der Waals surface area contributed by atoms with Crippen LogP contribution in [0.15, 0.2) is 60.8 Å². The molecule has 0 aliphatic heterocycles. The number of primary amides is 2. The van der Waals surface area contributed by atoms with Crippen molar-refractivity contribution in [2.24, 2.45) is 11.5 Å². The summed E-state index contributed by atoms with van der Waals surface area (Å²) < 4.78 is 32.2. The Morgan fingerprint density at radius 1 is 0.685 bits per heavy atom. The smallest absolute Gasteiger partial charge is 0.356 e. The van der Waals surface area contributed by atoms with E-state index in [0.717, 1.165) is 17.1 Å². The average Bonchev–Trinajstić information content (AvgIpc) is 4.20. The van der Waals surface area contributed by atoms with Gasteiger partial charge >= 0.3 is 5.97 Å². The van der Waals surface area contributed by atoms with E-state index in [1.807, 2.05) is 73.6 Å². The summed E-state index contributed by atoms with van der Waals surface area (Å²) in [7, 11) is 1.62. The zero-order chi connectivity index (χ0) is 51.9. The Labute approximate surface area is 420 Å². The summed E-state index contributed by atoms with van der Waals surface area (Å²) >= 11 is 0. The number of methoxy groups -OCH3 is 1. The van der Waals surface area contributed by atoms with Crippen molar-refractivity contribution in [2.75, 3.05) is 38.9 Å². The molecule has 0 bridgehead atoms. The van der Waals surface area contributed by atoms with Crippen LogP contribution in [0.25, 0.3) is 44.5 Å². The molecule has 8 rings (SSSR count). The molecule has 0 radical (unpaired) electrons. The molecule has 382 valence electrons. The van der Waals surface area contributed by atoms with Crippen LogP contribution < -0.4 is 21.5 Å². The van der Waals surface area contributed by atoms with Gasteiger partial charge in [-0.3, -0.25) is 33.7 Å². The first-order valence-electron chi connectivity index (χ1n) is 24.2. The first-order chi connectivity index (χ1) is 35.2. The van der Waals surface area contributed by atoms with Gasteiger partial charge in [0.1, 0.15) is 28.5 Å². The topological polar surface area (TPSA) is 271 Å². The van der Waals surface area contributed by atoms with Gasteiger partial charge in [-0.05, 0) is 84.0 Å². The van der Waals surface area contributed by atoms with Crippen molar-refractivity contribution in [1.29, 1.82) is 0 Å². The van der Waals surface area contributed by atoms with Crippen LogP contribution in [0.5, 0.6) is 5.75 Å². The minimum absolute atomic E-state index is 0.0260. The molecule has 3 amide bonds. The molecule has 0 aliphatic carbocycles. The third-order valence-electron chi connectivity index (χ3n) is 12.1. The van der Waals surface area contributed by atoms with E-state index in [1.54, 1.807) is 59.1 Å². The normalized spacial score (nSPS) is 11.7. The summed E-state index contributed by atoms with van der Waals surface area (Å²) in [6.07, 6.45) is 6.60. The van der Waals surface area contributed by atoms with E-state index < -0.39 is 23.7 Å². The van der Waals surface area contributed by atoms with Crippen LogP contribution in [0.4, 0.5) is 5.95 Å². The molecular formula is C51H60N14O8. The average molecular weight is 997 g/mol. The Kier molecular flexibility index (Phi) is 15.7. The number of esters is 1. The molecule has 5 N–H and O–H groups in total. The van der Waals surface area contributed by atoms with Gasteiger partial charge in [0.2, 0.25) is 17.8 Å². The lowest BCUT2D eigenvalue weighted by Gasteiger charge is -2.13. The third-order valence-corrected chi connectivity index (χ3v) is 12.1. The molecule has 8 aromatic rings. The Balaban J connectivity index is 1.16. The molecule has 0 spiro atoms. The lowest BCUT2D eigenvalue weighted by Crippen LogP contribution is -2.20. The van der Waals surface area contributed by atoms with Crippen molar-refractivity contribution in [3.63, 3.8) is 0 Å². The summed E-state index contributed by atoms with van der Waals surface area (Å²) in [5.41, 5.74) is 18.7. The number of benzene rings is 2. The van der Waals surface area contributed by atoms with Crippen molar-refractivity contribution in [1.82, 2.24) is 53.4 Å². The summed E-state index contributed by atoms with van der Waals surface area (Å²) in [5, 5.41) is 17.8. The van der Waals surface area contributed by atoms with Crippen LogP contribution >= 0.6 is 0 Å². The maximum atomic E-state index is 14.0. The number of ether oxygens (including phenoxy) is 4. The Morgan fingerprint density at radius 3 is 2.03 bits per heavy atom. The second-order valence-electron chi connectivity index (χ2n) is 17.3. The predicted octanol–water partition coefficient (Wildman–Crippen LogP) is 6.06. The number of hydrogen-bond acceptors (Lipinski definition) is 14. The monoisotopic (exact) mass is 996 g/mol. The van der Waals surface area contributed by atoms with Crippen LogP contribution in [0.1, 0.15) is 98.0 Å². The fraction of sp³-hybridized carbons (Fsp3) is 0.373. The number of aryl methyl sites for hydroxylation is 6. The zero-order valence-electron chi connectivity index (χ0n) is 42.1. The number of aromatic nitrogens is 11. The first-order valence-corrected chi connectivity index (χ1v) is 24.2. The molecule has 0 aliphatic rings. The van der Waals surface area contributed by atoms with Gasteiger partial charge in [0.15, 0.2) is 5.82 Å². The fourth-order valence-electron chi connectivity index (χ4n) is 8.78. The number of allylic oxidation sites excluding steroid dienone is 2. The minimum Gasteiger partial charge on any atom is -0.491 e. The highest BCUT2D eigenvalue weighted by molar-refractivity contribution is 6.12. The van der Waals surface area contributed by atoms with Crippen molar-refractivity contribution < 1.29 is 38.1 Å². The Morgan fingerprint density at radius 2 is 1.33 bits per heavy atom. The number of amides is 3. The molecule has 0 fully saturated rings. The maximum Gasteiger partial charge on any atom is 0.356 e. The molecular weight excluding hydrogens is 937 g/mol. The maximum absolute atomic E-state index is 14.0. The van der Waals surface area contributed by atoms with Crippen LogP contribution in [-0.2, 0) is 53.5 Å². The summed E-state index contributed by atoms with van der Waals surface area (Å²) in [6.45, 7) is 14.5. The van der Waals surface area contributed by atoms with Gasteiger partial charge in [0, 0.05) is 92.9 Å². The molecule has 22 nitrogen and oxygen atoms in total. The molecule has 0 unspecified atom stereocenters. The van der Waals surface area contributed by atoms with E-state index in [1.165, 1.54) is 0 Å². The van der Waals surface area contributed by atoms with Crippen molar-refractivity contribution in [3.8, 4) is 17.3 Å². The SMILES string of the molecule is CCn1nc(C)cc1C(=O)Nc1nc2cc(C(N)=O)cc(COCCCOC(=O)c3cc(C)nn3CC)c2n1C/C=C/Cn1c2nc(-c3cc(C)nn3CC)ncc2c2cc(C(N)=O)cc(OCCCOC)c21. The van der Waals surface area contributed by atoms with Crippen LogP contribution in [-0.4, -0.2) is 111 Å². The number of nitrogens with one attached hydrogen (secondary N) is 1. The van der Waals surface area contributed by atoms with Gasteiger partial charge < -0.3 is 39.5 Å². The van der Waals surface area contributed by atoms with Crippen LogP contribution in [0.3, 0.4) is 0 Å². The van der Waals surface area contributed by atoms with Gasteiger partial charge in [0.05, 0.1) is 60.1 Å². The highest BCUT2D eigenvalue weighted by atomic mass is 16.5. The van der Waals surface area contributed by atoms with Gasteiger partial charge in [-0.15, -0.1) is 0 Å². The molecule has 2 aromatic carbocycles. The number of nitrogens with two attached hydrogens (primary N) is 2. The van der Waals surface area contributed by atoms with E-state index in [9.17, 15) is 19.2 Å². The van der Waals surface area contributed by atoms with E-state index in [-0.39, 0.29) is 50.0 Å². The second kappa shape index (κ2) is 22.5. The van der Waals surface area contributed by atoms with Crippen molar-refractivity contribution in [2.45, 2.75) is 93.7 Å². The summed E-state index contributed by atoms with van der Waals surface area (Å²) in [4.78, 5) is 67.0. The highest BCUT2D eigenvalue weighted by Gasteiger charge is 2.24. The van der Waals surface area contributed by atoms with Gasteiger partial charge in [-0.1, -0.05) is 12.2 Å². The van der Waals surface area contributed by atoms with Gasteiger partial charge in [0.25, 0.3) is 5.91 Å². The third kappa shape index (κ3) is 11.0. The molecule has 73 heavy (non-hydrogen) atoms. The fourth-order valence-corrected chi connectivity index (χ4v) is 8.78. The van der Waals surface area contributed by atoms with E-state index >= 15 is 0 Å². The van der Waals surface area contributed by atoms with Crippen molar-refractivity contribution >= 4 is 62.6 Å². The quantitative estimate of drug-likeness (QED) is 0.0353. The first kappa shape index (κ1) is 51.1. The van der Waals surface area contributed by atoms with Crippen LogP contribution in [0.2, 0.25) is 0 Å². The van der Waals surface area contributed by atoms with E-state index in [2.05, 4.69) is 20.6 Å². The molecule has 22 heteroatoms. The molecule has 0 saturated heterocycles. The predicted molar refractivity (Wildman–Crippen MR) is 272 cm³/mol. The summed E-state index contributed by atoms with van der Waals surface area (Å²) in [6, 6.07) is 11.9. The van der Waals surface area contributed by atoms with Gasteiger partial charge in [-0.2, -0.15) is 15.3 Å². The summed E-state index contributed by atoms with van der Waals surface area (Å²) in [5.74, 6) is -1.10. The lowest BCUT2D eigenvalue weighted by molar-refractivity contribution is 0.0421. The van der Waals surface area contributed by atoms with Crippen molar-refractivity contribution in [3.05, 3.63) is 106 Å². The van der Waals surface area contributed by atoms with Gasteiger partial charge in [-0.25, -0.2) is 19.7 Å². The number of carbonyl (C=O) groups is 4. The molecule has 6 aromatic heterocycles. The Hall–Kier alpha value is -8.24. The largest absolute Gasteiger partial charge is 0.491 e.